The van der Waals surface area contributed by atoms with Crippen LogP contribution in [-0.4, -0.2) is 12.0 Å². The lowest BCUT2D eigenvalue weighted by Gasteiger charge is -2.11. The van der Waals surface area contributed by atoms with Gasteiger partial charge in [0.25, 0.3) is 0 Å². The van der Waals surface area contributed by atoms with Crippen LogP contribution in [0.25, 0.3) is 0 Å². The molecule has 0 aliphatic rings. The lowest BCUT2D eigenvalue weighted by atomic mass is 10.2. The first-order chi connectivity index (χ1) is 8.20. The van der Waals surface area contributed by atoms with Gasteiger partial charge in [-0.15, -0.1) is 0 Å². The van der Waals surface area contributed by atoms with E-state index in [0.29, 0.717) is 5.69 Å². The van der Waals surface area contributed by atoms with Crippen LogP contribution in [0.4, 0.5) is 21.6 Å². The number of aromatic nitrogens is 1. The van der Waals surface area contributed by atoms with Gasteiger partial charge in [-0.2, -0.15) is 0 Å². The van der Waals surface area contributed by atoms with Crippen LogP contribution in [0.2, 0.25) is 0 Å². The highest BCUT2D eigenvalue weighted by atomic mass is 19.1. The van der Waals surface area contributed by atoms with Crippen LogP contribution in [0, 0.1) is 12.7 Å². The van der Waals surface area contributed by atoms with Crippen molar-refractivity contribution < 1.29 is 4.39 Å². The van der Waals surface area contributed by atoms with Crippen LogP contribution in [0.1, 0.15) is 5.56 Å². The van der Waals surface area contributed by atoms with Gasteiger partial charge in [-0.3, -0.25) is 0 Å². The minimum Gasteiger partial charge on any atom is -0.373 e. The fourth-order valence-corrected chi connectivity index (χ4v) is 1.58. The number of rotatable bonds is 3. The predicted molar refractivity (Wildman–Crippen MR) is 68.2 cm³/mol. The number of pyridine rings is 1. The number of benzene rings is 1. The van der Waals surface area contributed by atoms with Crippen molar-refractivity contribution in [1.29, 1.82) is 0 Å². The first-order valence-corrected chi connectivity index (χ1v) is 5.36. The molecule has 0 atom stereocenters. The topological polar surface area (TPSA) is 37.0 Å². The molecule has 0 saturated heterocycles. The molecule has 1 aromatic heterocycles. The van der Waals surface area contributed by atoms with Crippen LogP contribution in [0.15, 0.2) is 36.5 Å². The van der Waals surface area contributed by atoms with E-state index in [0.717, 1.165) is 17.1 Å². The maximum Gasteiger partial charge on any atom is 0.146 e. The van der Waals surface area contributed by atoms with E-state index >= 15 is 0 Å². The quantitative estimate of drug-likeness (QED) is 0.850. The Labute approximate surface area is 99.7 Å². The summed E-state index contributed by atoms with van der Waals surface area (Å²) in [7, 11) is 1.79. The van der Waals surface area contributed by atoms with Crippen molar-refractivity contribution >= 4 is 17.2 Å². The molecule has 2 rings (SSSR count). The average molecular weight is 231 g/mol. The van der Waals surface area contributed by atoms with Crippen molar-refractivity contribution in [2.24, 2.45) is 0 Å². The van der Waals surface area contributed by atoms with E-state index in [-0.39, 0.29) is 5.82 Å². The van der Waals surface area contributed by atoms with Gasteiger partial charge in [0, 0.05) is 25.0 Å². The third-order valence-electron chi connectivity index (χ3n) is 2.51. The van der Waals surface area contributed by atoms with Crippen LogP contribution >= 0.6 is 0 Å². The van der Waals surface area contributed by atoms with Crippen molar-refractivity contribution in [3.05, 3.63) is 47.9 Å². The van der Waals surface area contributed by atoms with E-state index in [1.165, 1.54) is 6.07 Å². The Balaban J connectivity index is 2.31. The molecule has 17 heavy (non-hydrogen) atoms. The highest BCUT2D eigenvalue weighted by molar-refractivity contribution is 5.65. The smallest absolute Gasteiger partial charge is 0.146 e. The molecule has 0 aliphatic carbocycles. The summed E-state index contributed by atoms with van der Waals surface area (Å²) in [4.78, 5) is 4.10. The van der Waals surface area contributed by atoms with E-state index in [1.807, 2.05) is 19.1 Å². The first kappa shape index (κ1) is 11.4. The first-order valence-electron chi connectivity index (χ1n) is 5.36. The molecule has 1 aromatic carbocycles. The number of aryl methyl sites for hydroxylation is 1. The van der Waals surface area contributed by atoms with Gasteiger partial charge in [-0.25, -0.2) is 9.37 Å². The zero-order valence-corrected chi connectivity index (χ0v) is 9.79. The number of halogens is 1. The average Bonchev–Trinajstić information content (AvgIpc) is 2.34. The van der Waals surface area contributed by atoms with Gasteiger partial charge in [0.1, 0.15) is 11.6 Å². The Morgan fingerprint density at radius 1 is 1.24 bits per heavy atom. The fraction of sp³-hybridized carbons (Fsp3) is 0.154. The van der Waals surface area contributed by atoms with E-state index in [4.69, 9.17) is 0 Å². The third kappa shape index (κ3) is 2.53. The Kier molecular flexibility index (Phi) is 3.23. The predicted octanol–water partition coefficient (Wildman–Crippen LogP) is 3.31. The highest BCUT2D eigenvalue weighted by Crippen LogP contribution is 2.24. The van der Waals surface area contributed by atoms with Crippen LogP contribution in [-0.2, 0) is 0 Å². The van der Waals surface area contributed by atoms with Gasteiger partial charge in [-0.1, -0.05) is 12.1 Å². The molecular weight excluding hydrogens is 217 g/mol. The van der Waals surface area contributed by atoms with Gasteiger partial charge in [0.2, 0.25) is 0 Å². The molecule has 0 unspecified atom stereocenters. The molecule has 0 bridgehead atoms. The lowest BCUT2D eigenvalue weighted by Crippen LogP contribution is -1.98. The minimum atomic E-state index is -0.257. The maximum atomic E-state index is 13.6. The number of nitrogens with one attached hydrogen (secondary N) is 2. The van der Waals surface area contributed by atoms with Gasteiger partial charge in [-0.05, 0) is 24.6 Å². The Bertz CT molecular complexity index is 506. The summed E-state index contributed by atoms with van der Waals surface area (Å²) < 4.78 is 13.6. The Morgan fingerprint density at radius 3 is 2.76 bits per heavy atom. The maximum absolute atomic E-state index is 13.6. The third-order valence-corrected chi connectivity index (χ3v) is 2.51. The fourth-order valence-electron chi connectivity index (χ4n) is 1.58. The van der Waals surface area contributed by atoms with E-state index in [9.17, 15) is 4.39 Å². The summed E-state index contributed by atoms with van der Waals surface area (Å²) in [6.45, 7) is 1.87. The Hall–Kier alpha value is -2.10. The van der Waals surface area contributed by atoms with Crippen LogP contribution in [0.5, 0.6) is 0 Å². The molecule has 1 heterocycles. The normalized spacial score (nSPS) is 10.1. The highest BCUT2D eigenvalue weighted by Gasteiger charge is 2.05. The van der Waals surface area contributed by atoms with Crippen molar-refractivity contribution in [2.75, 3.05) is 17.7 Å². The van der Waals surface area contributed by atoms with E-state index < -0.39 is 0 Å². The molecule has 0 spiro atoms. The van der Waals surface area contributed by atoms with Gasteiger partial charge < -0.3 is 10.6 Å². The largest absolute Gasteiger partial charge is 0.373 e. The zero-order chi connectivity index (χ0) is 12.3. The zero-order valence-electron chi connectivity index (χ0n) is 9.79. The molecule has 0 fully saturated rings. The number of hydrogen-bond donors (Lipinski definition) is 2. The number of anilines is 3. The molecule has 88 valence electrons. The van der Waals surface area contributed by atoms with Gasteiger partial charge in [0.05, 0.1) is 5.69 Å². The summed E-state index contributed by atoms with van der Waals surface area (Å²) in [5.41, 5.74) is 2.17. The molecule has 2 N–H and O–H groups in total. The second-order valence-corrected chi connectivity index (χ2v) is 3.74. The van der Waals surface area contributed by atoms with E-state index in [2.05, 4.69) is 15.6 Å². The standard InChI is InChI=1S/C13H14FN3/c1-9-4-3-5-11(14)13(9)17-10-6-7-16-12(8-10)15-2/h3-8H,1-2H3,(H2,15,16,17). The molecule has 0 saturated carbocycles. The van der Waals surface area contributed by atoms with Crippen LogP contribution in [0.3, 0.4) is 0 Å². The summed E-state index contributed by atoms with van der Waals surface area (Å²) in [6.07, 6.45) is 1.67. The van der Waals surface area contributed by atoms with Crippen molar-refractivity contribution in [2.45, 2.75) is 6.92 Å². The van der Waals surface area contributed by atoms with Crippen molar-refractivity contribution in [1.82, 2.24) is 4.98 Å². The second kappa shape index (κ2) is 4.82. The lowest BCUT2D eigenvalue weighted by molar-refractivity contribution is 0.631. The molecule has 0 amide bonds. The molecule has 2 aromatic rings. The summed E-state index contributed by atoms with van der Waals surface area (Å²) in [6, 6.07) is 8.63. The van der Waals surface area contributed by atoms with Gasteiger partial charge >= 0.3 is 0 Å². The second-order valence-electron chi connectivity index (χ2n) is 3.74. The monoisotopic (exact) mass is 231 g/mol. The summed E-state index contributed by atoms with van der Waals surface area (Å²) in [5.74, 6) is 0.483. The Morgan fingerprint density at radius 2 is 2.06 bits per heavy atom. The number of para-hydroxylation sites is 1. The SMILES string of the molecule is CNc1cc(Nc2c(C)cccc2F)ccn1. The summed E-state index contributed by atoms with van der Waals surface area (Å²) in [5, 5.41) is 6.00. The van der Waals surface area contributed by atoms with Crippen molar-refractivity contribution in [3.8, 4) is 0 Å². The molecule has 4 heteroatoms. The van der Waals surface area contributed by atoms with Crippen molar-refractivity contribution in [3.63, 3.8) is 0 Å². The van der Waals surface area contributed by atoms with Crippen LogP contribution < -0.4 is 10.6 Å². The molecule has 3 nitrogen and oxygen atoms in total. The summed E-state index contributed by atoms with van der Waals surface area (Å²) >= 11 is 0. The van der Waals surface area contributed by atoms with Gasteiger partial charge in [0.15, 0.2) is 0 Å². The number of nitrogens with zero attached hydrogens (tertiary/aromatic N) is 1. The minimum absolute atomic E-state index is 0.257. The molecule has 0 aliphatic heterocycles. The van der Waals surface area contributed by atoms with E-state index in [1.54, 1.807) is 25.4 Å². The molecule has 0 radical (unpaired) electrons. The number of hydrogen-bond acceptors (Lipinski definition) is 3. The molecular formula is C13H14FN3.